The van der Waals surface area contributed by atoms with Gasteiger partial charge < -0.3 is 10.1 Å². The van der Waals surface area contributed by atoms with E-state index in [1.807, 2.05) is 0 Å². The third-order valence-electron chi connectivity index (χ3n) is 3.16. The molecule has 0 aliphatic rings. The summed E-state index contributed by atoms with van der Waals surface area (Å²) in [5.41, 5.74) is 2.50. The van der Waals surface area contributed by atoms with Crippen molar-refractivity contribution in [2.24, 2.45) is 0 Å². The second kappa shape index (κ2) is 6.73. The van der Waals surface area contributed by atoms with Crippen molar-refractivity contribution in [2.75, 3.05) is 6.54 Å². The molecular weight excluding hydrogens is 254 g/mol. The van der Waals surface area contributed by atoms with Crippen LogP contribution in [0.25, 0.3) is 0 Å². The second-order valence-electron chi connectivity index (χ2n) is 4.67. The zero-order valence-electron chi connectivity index (χ0n) is 11.8. The summed E-state index contributed by atoms with van der Waals surface area (Å²) in [6.45, 7) is 8.05. The van der Waals surface area contributed by atoms with E-state index in [1.165, 1.54) is 16.0 Å². The van der Waals surface area contributed by atoms with Crippen LogP contribution in [-0.2, 0) is 6.61 Å². The molecule has 0 radical (unpaired) electrons. The summed E-state index contributed by atoms with van der Waals surface area (Å²) in [5.74, 6) is 0.973. The molecule has 2 rings (SSSR count). The molecule has 0 saturated carbocycles. The Kier molecular flexibility index (Phi) is 5.00. The molecule has 1 aromatic carbocycles. The van der Waals surface area contributed by atoms with Crippen molar-refractivity contribution in [3.63, 3.8) is 0 Å². The minimum absolute atomic E-state index is 0.384. The zero-order valence-corrected chi connectivity index (χ0v) is 12.6. The lowest BCUT2D eigenvalue weighted by molar-refractivity contribution is 0.307. The highest BCUT2D eigenvalue weighted by atomic mass is 32.1. The van der Waals surface area contributed by atoms with Crippen LogP contribution < -0.4 is 10.1 Å². The molecule has 0 spiro atoms. The Labute approximate surface area is 119 Å². The maximum absolute atomic E-state index is 5.87. The normalized spacial score (nSPS) is 12.4. The van der Waals surface area contributed by atoms with E-state index in [0.29, 0.717) is 12.6 Å². The van der Waals surface area contributed by atoms with Crippen molar-refractivity contribution in [1.29, 1.82) is 0 Å². The van der Waals surface area contributed by atoms with Gasteiger partial charge in [0.05, 0.1) is 0 Å². The first kappa shape index (κ1) is 14.1. The quantitative estimate of drug-likeness (QED) is 0.848. The van der Waals surface area contributed by atoms with Crippen LogP contribution in [0.3, 0.4) is 0 Å². The number of rotatable bonds is 6. The van der Waals surface area contributed by atoms with E-state index in [9.17, 15) is 0 Å². The van der Waals surface area contributed by atoms with Crippen LogP contribution in [0, 0.1) is 6.92 Å². The van der Waals surface area contributed by atoms with Crippen molar-refractivity contribution in [3.05, 3.63) is 51.7 Å². The predicted molar refractivity (Wildman–Crippen MR) is 81.9 cm³/mol. The third kappa shape index (κ3) is 3.82. The summed E-state index contributed by atoms with van der Waals surface area (Å²) in [6.07, 6.45) is 0. The predicted octanol–water partition coefficient (Wildman–Crippen LogP) is 4.31. The molecule has 0 aliphatic carbocycles. The molecule has 1 N–H and O–H groups in total. The number of hydrogen-bond donors (Lipinski definition) is 1. The van der Waals surface area contributed by atoms with Gasteiger partial charge in [-0.05, 0) is 49.0 Å². The highest BCUT2D eigenvalue weighted by Crippen LogP contribution is 2.24. The summed E-state index contributed by atoms with van der Waals surface area (Å²) in [6, 6.07) is 11.0. The molecule has 1 atom stereocenters. The largest absolute Gasteiger partial charge is 0.488 e. The van der Waals surface area contributed by atoms with E-state index in [-0.39, 0.29) is 0 Å². The van der Waals surface area contributed by atoms with Crippen LogP contribution in [0.4, 0.5) is 0 Å². The second-order valence-corrected chi connectivity index (χ2v) is 5.70. The number of thiophene rings is 1. The lowest BCUT2D eigenvalue weighted by Gasteiger charge is -2.15. The van der Waals surface area contributed by atoms with Crippen LogP contribution >= 0.6 is 11.3 Å². The molecule has 0 fully saturated rings. The standard InChI is InChI=1S/C16H21NOS/c1-4-17-13(3)14-7-8-16(12(2)10-14)18-11-15-6-5-9-19-15/h5-10,13,17H,4,11H2,1-3H3. The van der Waals surface area contributed by atoms with Gasteiger partial charge in [-0.1, -0.05) is 25.1 Å². The van der Waals surface area contributed by atoms with Crippen LogP contribution in [-0.4, -0.2) is 6.54 Å². The lowest BCUT2D eigenvalue weighted by atomic mass is 10.1. The number of ether oxygens (including phenoxy) is 1. The van der Waals surface area contributed by atoms with E-state index in [2.05, 4.69) is 61.8 Å². The molecule has 1 unspecified atom stereocenters. The van der Waals surface area contributed by atoms with Gasteiger partial charge in [-0.3, -0.25) is 0 Å². The van der Waals surface area contributed by atoms with E-state index < -0.39 is 0 Å². The maximum Gasteiger partial charge on any atom is 0.122 e. The molecular formula is C16H21NOS. The van der Waals surface area contributed by atoms with Crippen molar-refractivity contribution in [3.8, 4) is 5.75 Å². The van der Waals surface area contributed by atoms with Crippen LogP contribution in [0.1, 0.15) is 35.9 Å². The Morgan fingerprint density at radius 3 is 2.79 bits per heavy atom. The molecule has 2 nitrogen and oxygen atoms in total. The maximum atomic E-state index is 5.87. The van der Waals surface area contributed by atoms with Gasteiger partial charge in [0.1, 0.15) is 12.4 Å². The molecule has 0 saturated heterocycles. The highest BCUT2D eigenvalue weighted by molar-refractivity contribution is 7.09. The van der Waals surface area contributed by atoms with Gasteiger partial charge in [-0.25, -0.2) is 0 Å². The van der Waals surface area contributed by atoms with Gasteiger partial charge in [-0.15, -0.1) is 11.3 Å². The van der Waals surface area contributed by atoms with Crippen molar-refractivity contribution >= 4 is 11.3 Å². The number of aryl methyl sites for hydroxylation is 1. The van der Waals surface area contributed by atoms with Crippen molar-refractivity contribution in [2.45, 2.75) is 33.4 Å². The van der Waals surface area contributed by atoms with E-state index >= 15 is 0 Å². The van der Waals surface area contributed by atoms with Gasteiger partial charge in [0, 0.05) is 10.9 Å². The molecule has 0 bridgehead atoms. The minimum Gasteiger partial charge on any atom is -0.488 e. The van der Waals surface area contributed by atoms with Crippen LogP contribution in [0.15, 0.2) is 35.7 Å². The topological polar surface area (TPSA) is 21.3 Å². The zero-order chi connectivity index (χ0) is 13.7. The van der Waals surface area contributed by atoms with E-state index in [1.54, 1.807) is 11.3 Å². The Morgan fingerprint density at radius 2 is 2.16 bits per heavy atom. The van der Waals surface area contributed by atoms with Crippen molar-refractivity contribution in [1.82, 2.24) is 5.32 Å². The average Bonchev–Trinajstić information content (AvgIpc) is 2.90. The minimum atomic E-state index is 0.384. The molecule has 1 aromatic heterocycles. The van der Waals surface area contributed by atoms with Crippen LogP contribution in [0.2, 0.25) is 0 Å². The summed E-state index contributed by atoms with van der Waals surface area (Å²) in [4.78, 5) is 1.25. The molecule has 102 valence electrons. The Bertz CT molecular complexity index is 507. The Morgan fingerprint density at radius 1 is 1.32 bits per heavy atom. The average molecular weight is 275 g/mol. The molecule has 3 heteroatoms. The fourth-order valence-electron chi connectivity index (χ4n) is 2.07. The van der Waals surface area contributed by atoms with Gasteiger partial charge in [0.15, 0.2) is 0 Å². The van der Waals surface area contributed by atoms with E-state index in [4.69, 9.17) is 4.74 Å². The fourth-order valence-corrected chi connectivity index (χ4v) is 2.69. The summed E-state index contributed by atoms with van der Waals surface area (Å²) < 4.78 is 5.87. The molecule has 0 amide bonds. The molecule has 1 heterocycles. The third-order valence-corrected chi connectivity index (χ3v) is 4.01. The first-order chi connectivity index (χ1) is 9.20. The summed E-state index contributed by atoms with van der Waals surface area (Å²) >= 11 is 1.73. The Balaban J connectivity index is 2.02. The summed E-state index contributed by atoms with van der Waals surface area (Å²) in [5, 5.41) is 5.50. The van der Waals surface area contributed by atoms with Crippen LogP contribution in [0.5, 0.6) is 5.75 Å². The molecule has 0 aliphatic heterocycles. The first-order valence-electron chi connectivity index (χ1n) is 6.69. The fraction of sp³-hybridized carbons (Fsp3) is 0.375. The molecule has 2 aromatic rings. The SMILES string of the molecule is CCNC(C)c1ccc(OCc2cccs2)c(C)c1. The van der Waals surface area contributed by atoms with Gasteiger partial charge in [0.25, 0.3) is 0 Å². The number of benzene rings is 1. The highest BCUT2D eigenvalue weighted by Gasteiger charge is 2.07. The monoisotopic (exact) mass is 275 g/mol. The van der Waals surface area contributed by atoms with Gasteiger partial charge >= 0.3 is 0 Å². The lowest BCUT2D eigenvalue weighted by Crippen LogP contribution is -2.17. The number of hydrogen-bond acceptors (Lipinski definition) is 3. The van der Waals surface area contributed by atoms with Gasteiger partial charge in [0.2, 0.25) is 0 Å². The number of nitrogens with one attached hydrogen (secondary N) is 1. The first-order valence-corrected chi connectivity index (χ1v) is 7.57. The van der Waals surface area contributed by atoms with Crippen molar-refractivity contribution < 1.29 is 4.74 Å². The molecule has 19 heavy (non-hydrogen) atoms. The van der Waals surface area contributed by atoms with E-state index in [0.717, 1.165) is 12.3 Å². The van der Waals surface area contributed by atoms with Gasteiger partial charge in [-0.2, -0.15) is 0 Å². The Hall–Kier alpha value is -1.32. The smallest absolute Gasteiger partial charge is 0.122 e. The summed E-state index contributed by atoms with van der Waals surface area (Å²) in [7, 11) is 0.